The van der Waals surface area contributed by atoms with Crippen molar-refractivity contribution in [2.24, 2.45) is 5.92 Å². The van der Waals surface area contributed by atoms with Crippen molar-refractivity contribution in [1.29, 1.82) is 0 Å². The quantitative estimate of drug-likeness (QED) is 0.876. The van der Waals surface area contributed by atoms with Gasteiger partial charge in [0.15, 0.2) is 0 Å². The zero-order valence-electron chi connectivity index (χ0n) is 8.60. The first kappa shape index (κ1) is 11.4. The monoisotopic (exact) mass is 287 g/mol. The number of hydrogen-bond acceptors (Lipinski definition) is 1. The van der Waals surface area contributed by atoms with Gasteiger partial charge in [-0.15, -0.1) is 0 Å². The van der Waals surface area contributed by atoms with Crippen molar-refractivity contribution in [3.63, 3.8) is 0 Å². The summed E-state index contributed by atoms with van der Waals surface area (Å²) in [5, 5.41) is 4.22. The van der Waals surface area contributed by atoms with Gasteiger partial charge in [-0.05, 0) is 62.0 Å². The molecule has 0 saturated carbocycles. The topological polar surface area (TPSA) is 12.0 Å². The number of nitrogens with one attached hydrogen (secondary N) is 1. The lowest BCUT2D eigenvalue weighted by molar-refractivity contribution is 0.372. The molecular weight excluding hydrogens is 273 g/mol. The van der Waals surface area contributed by atoms with Gasteiger partial charge in [-0.1, -0.05) is 27.5 Å². The zero-order chi connectivity index (χ0) is 10.7. The predicted octanol–water partition coefficient (Wildman–Crippen LogP) is 3.64. The van der Waals surface area contributed by atoms with Crippen LogP contribution in [0.3, 0.4) is 0 Å². The van der Waals surface area contributed by atoms with Gasteiger partial charge in [-0.2, -0.15) is 0 Å². The van der Waals surface area contributed by atoms with Crippen molar-refractivity contribution < 1.29 is 0 Å². The van der Waals surface area contributed by atoms with Crippen LogP contribution in [0, 0.1) is 5.92 Å². The van der Waals surface area contributed by atoms with E-state index in [0.717, 1.165) is 34.9 Å². The SMILES string of the molecule is Clc1cc(Br)cc(CC2CCNCC2)c1. The summed E-state index contributed by atoms with van der Waals surface area (Å²) in [6.07, 6.45) is 3.72. The molecule has 1 aromatic carbocycles. The first-order valence-corrected chi connectivity index (χ1v) is 6.57. The molecule has 0 radical (unpaired) electrons. The molecule has 3 heteroatoms. The Kier molecular flexibility index (Phi) is 4.06. The van der Waals surface area contributed by atoms with Gasteiger partial charge in [0.05, 0.1) is 0 Å². The van der Waals surface area contributed by atoms with Gasteiger partial charge in [0.1, 0.15) is 0 Å². The Labute approximate surface area is 104 Å². The summed E-state index contributed by atoms with van der Waals surface area (Å²) in [6.45, 7) is 2.32. The van der Waals surface area contributed by atoms with Gasteiger partial charge in [0, 0.05) is 9.50 Å². The molecule has 1 heterocycles. The van der Waals surface area contributed by atoms with Gasteiger partial charge in [-0.25, -0.2) is 0 Å². The fraction of sp³-hybridized carbons (Fsp3) is 0.500. The molecule has 1 aromatic rings. The number of benzene rings is 1. The highest BCUT2D eigenvalue weighted by atomic mass is 79.9. The average molecular weight is 289 g/mol. The lowest BCUT2D eigenvalue weighted by atomic mass is 9.91. The smallest absolute Gasteiger partial charge is 0.0419 e. The Balaban J connectivity index is 2.02. The van der Waals surface area contributed by atoms with Crippen LogP contribution in [0.1, 0.15) is 18.4 Å². The van der Waals surface area contributed by atoms with E-state index < -0.39 is 0 Å². The van der Waals surface area contributed by atoms with Crippen molar-refractivity contribution in [1.82, 2.24) is 5.32 Å². The summed E-state index contributed by atoms with van der Waals surface area (Å²) in [7, 11) is 0. The van der Waals surface area contributed by atoms with Crippen LogP contribution in [-0.2, 0) is 6.42 Å². The lowest BCUT2D eigenvalue weighted by Gasteiger charge is -2.22. The van der Waals surface area contributed by atoms with E-state index in [9.17, 15) is 0 Å². The zero-order valence-corrected chi connectivity index (χ0v) is 10.9. The Morgan fingerprint density at radius 3 is 2.67 bits per heavy atom. The van der Waals surface area contributed by atoms with Crippen LogP contribution in [0.25, 0.3) is 0 Å². The third-order valence-electron chi connectivity index (χ3n) is 2.91. The van der Waals surface area contributed by atoms with Crippen LogP contribution in [0.4, 0.5) is 0 Å². The summed E-state index contributed by atoms with van der Waals surface area (Å²) >= 11 is 9.51. The number of piperidine rings is 1. The second-order valence-corrected chi connectivity index (χ2v) is 5.53. The molecule has 15 heavy (non-hydrogen) atoms. The van der Waals surface area contributed by atoms with E-state index in [2.05, 4.69) is 33.4 Å². The molecule has 1 aliphatic rings. The Morgan fingerprint density at radius 2 is 2.00 bits per heavy atom. The normalized spacial score (nSPS) is 18.0. The maximum atomic E-state index is 6.03. The van der Waals surface area contributed by atoms with E-state index in [-0.39, 0.29) is 0 Å². The number of rotatable bonds is 2. The first-order valence-electron chi connectivity index (χ1n) is 5.40. The van der Waals surface area contributed by atoms with Gasteiger partial charge >= 0.3 is 0 Å². The molecule has 1 fully saturated rings. The van der Waals surface area contributed by atoms with Crippen molar-refractivity contribution in [2.45, 2.75) is 19.3 Å². The number of hydrogen-bond donors (Lipinski definition) is 1. The molecule has 1 saturated heterocycles. The molecule has 0 amide bonds. The molecule has 0 spiro atoms. The molecule has 0 aliphatic carbocycles. The highest BCUT2D eigenvalue weighted by molar-refractivity contribution is 9.10. The minimum Gasteiger partial charge on any atom is -0.317 e. The Bertz CT molecular complexity index is 314. The molecular formula is C12H15BrClN. The highest BCUT2D eigenvalue weighted by Gasteiger charge is 2.13. The Morgan fingerprint density at radius 1 is 1.27 bits per heavy atom. The van der Waals surface area contributed by atoms with Crippen LogP contribution < -0.4 is 5.32 Å². The minimum atomic E-state index is 0.816. The van der Waals surface area contributed by atoms with E-state index in [1.54, 1.807) is 0 Å². The van der Waals surface area contributed by atoms with Crippen molar-refractivity contribution in [3.8, 4) is 0 Å². The van der Waals surface area contributed by atoms with Crippen molar-refractivity contribution >= 4 is 27.5 Å². The number of halogens is 2. The largest absolute Gasteiger partial charge is 0.317 e. The lowest BCUT2D eigenvalue weighted by Crippen LogP contribution is -2.28. The molecule has 0 bridgehead atoms. The third-order valence-corrected chi connectivity index (χ3v) is 3.58. The summed E-state index contributed by atoms with van der Waals surface area (Å²) in [5.74, 6) is 0.816. The molecule has 0 aromatic heterocycles. The van der Waals surface area contributed by atoms with Crippen molar-refractivity contribution in [3.05, 3.63) is 33.3 Å². The van der Waals surface area contributed by atoms with Crippen LogP contribution in [0.15, 0.2) is 22.7 Å². The molecule has 0 unspecified atom stereocenters. The second kappa shape index (κ2) is 5.33. The molecule has 1 N–H and O–H groups in total. The summed E-state index contributed by atoms with van der Waals surface area (Å²) in [6, 6.07) is 6.19. The van der Waals surface area contributed by atoms with E-state index in [1.807, 2.05) is 6.07 Å². The van der Waals surface area contributed by atoms with Crippen LogP contribution in [0.5, 0.6) is 0 Å². The van der Waals surface area contributed by atoms with Crippen LogP contribution in [-0.4, -0.2) is 13.1 Å². The van der Waals surface area contributed by atoms with Gasteiger partial charge < -0.3 is 5.32 Å². The average Bonchev–Trinajstić information content (AvgIpc) is 2.17. The maximum absolute atomic E-state index is 6.03. The molecule has 0 atom stereocenters. The fourth-order valence-electron chi connectivity index (χ4n) is 2.15. The standard InChI is InChI=1S/C12H15BrClN/c13-11-6-10(7-12(14)8-11)5-9-1-3-15-4-2-9/h6-9,15H,1-5H2. The molecule has 1 aliphatic heterocycles. The van der Waals surface area contributed by atoms with E-state index in [1.165, 1.54) is 18.4 Å². The van der Waals surface area contributed by atoms with E-state index >= 15 is 0 Å². The minimum absolute atomic E-state index is 0.816. The first-order chi connectivity index (χ1) is 7.24. The van der Waals surface area contributed by atoms with Crippen LogP contribution >= 0.6 is 27.5 Å². The summed E-state index contributed by atoms with van der Waals surface area (Å²) in [4.78, 5) is 0. The van der Waals surface area contributed by atoms with Gasteiger partial charge in [-0.3, -0.25) is 0 Å². The predicted molar refractivity (Wildman–Crippen MR) is 68.4 cm³/mol. The summed E-state index contributed by atoms with van der Waals surface area (Å²) < 4.78 is 1.08. The summed E-state index contributed by atoms with van der Waals surface area (Å²) in [5.41, 5.74) is 1.35. The van der Waals surface area contributed by atoms with Gasteiger partial charge in [0.25, 0.3) is 0 Å². The van der Waals surface area contributed by atoms with Crippen molar-refractivity contribution in [2.75, 3.05) is 13.1 Å². The van der Waals surface area contributed by atoms with E-state index in [4.69, 9.17) is 11.6 Å². The Hall–Kier alpha value is -0.0500. The molecule has 2 rings (SSSR count). The fourth-order valence-corrected chi connectivity index (χ4v) is 3.08. The molecule has 1 nitrogen and oxygen atoms in total. The van der Waals surface area contributed by atoms with Crippen LogP contribution in [0.2, 0.25) is 5.02 Å². The van der Waals surface area contributed by atoms with E-state index in [0.29, 0.717) is 0 Å². The molecule has 82 valence electrons. The highest BCUT2D eigenvalue weighted by Crippen LogP contribution is 2.24. The maximum Gasteiger partial charge on any atom is 0.0419 e. The second-order valence-electron chi connectivity index (χ2n) is 4.18. The third kappa shape index (κ3) is 3.47. The van der Waals surface area contributed by atoms with Gasteiger partial charge in [0.2, 0.25) is 0 Å².